The minimum Gasteiger partial charge on any atom is -0.381 e. The summed E-state index contributed by atoms with van der Waals surface area (Å²) in [6, 6.07) is 0.865. The first kappa shape index (κ1) is 11.4. The second-order valence-corrected chi connectivity index (χ2v) is 5.38. The van der Waals surface area contributed by atoms with Gasteiger partial charge in [0.25, 0.3) is 0 Å². The lowest BCUT2D eigenvalue weighted by molar-refractivity contribution is 0.0298. The standard InChI is InChI=1S/C13H25NO/c1-11-7-9-14(10-8-11)12-3-5-13(15-2)6-4-12/h11-13H,3-10H2,1-2H3. The van der Waals surface area contributed by atoms with Crippen molar-refractivity contribution in [3.63, 3.8) is 0 Å². The summed E-state index contributed by atoms with van der Waals surface area (Å²) in [5, 5.41) is 0. The average Bonchev–Trinajstić information content (AvgIpc) is 2.30. The molecule has 0 bridgehead atoms. The Hall–Kier alpha value is -0.0800. The van der Waals surface area contributed by atoms with Crippen LogP contribution in [0.3, 0.4) is 0 Å². The van der Waals surface area contributed by atoms with Gasteiger partial charge in [-0.1, -0.05) is 6.92 Å². The van der Waals surface area contributed by atoms with Crippen LogP contribution in [0.1, 0.15) is 45.4 Å². The van der Waals surface area contributed by atoms with Gasteiger partial charge in [0.2, 0.25) is 0 Å². The average molecular weight is 211 g/mol. The smallest absolute Gasteiger partial charge is 0.0572 e. The summed E-state index contributed by atoms with van der Waals surface area (Å²) >= 11 is 0. The van der Waals surface area contributed by atoms with Crippen LogP contribution in [0.25, 0.3) is 0 Å². The fraction of sp³-hybridized carbons (Fsp3) is 1.00. The van der Waals surface area contributed by atoms with E-state index in [9.17, 15) is 0 Å². The van der Waals surface area contributed by atoms with E-state index in [1.807, 2.05) is 7.11 Å². The number of hydrogen-bond acceptors (Lipinski definition) is 2. The van der Waals surface area contributed by atoms with Crippen LogP contribution in [0.5, 0.6) is 0 Å². The van der Waals surface area contributed by atoms with Gasteiger partial charge >= 0.3 is 0 Å². The van der Waals surface area contributed by atoms with Gasteiger partial charge in [0.05, 0.1) is 6.10 Å². The molecule has 88 valence electrons. The Morgan fingerprint density at radius 1 is 0.933 bits per heavy atom. The van der Waals surface area contributed by atoms with Gasteiger partial charge in [-0.05, 0) is 57.5 Å². The summed E-state index contributed by atoms with van der Waals surface area (Å²) in [7, 11) is 1.85. The third-order valence-electron chi connectivity index (χ3n) is 4.31. The summed E-state index contributed by atoms with van der Waals surface area (Å²) < 4.78 is 5.43. The summed E-state index contributed by atoms with van der Waals surface area (Å²) in [6.07, 6.45) is 8.61. The zero-order valence-electron chi connectivity index (χ0n) is 10.2. The topological polar surface area (TPSA) is 12.5 Å². The van der Waals surface area contributed by atoms with E-state index in [2.05, 4.69) is 11.8 Å². The van der Waals surface area contributed by atoms with Crippen LogP contribution in [0.4, 0.5) is 0 Å². The number of hydrogen-bond donors (Lipinski definition) is 0. The summed E-state index contributed by atoms with van der Waals surface area (Å²) in [5.41, 5.74) is 0. The summed E-state index contributed by atoms with van der Waals surface area (Å²) in [5.74, 6) is 0.955. The maximum Gasteiger partial charge on any atom is 0.0572 e. The Bertz CT molecular complexity index is 179. The van der Waals surface area contributed by atoms with E-state index in [4.69, 9.17) is 4.74 Å². The van der Waals surface area contributed by atoms with Gasteiger partial charge < -0.3 is 9.64 Å². The second-order valence-electron chi connectivity index (χ2n) is 5.38. The highest BCUT2D eigenvalue weighted by Gasteiger charge is 2.27. The molecule has 1 aliphatic carbocycles. The maximum atomic E-state index is 5.43. The molecule has 2 rings (SSSR count). The van der Waals surface area contributed by atoms with Gasteiger partial charge in [-0.15, -0.1) is 0 Å². The number of ether oxygens (including phenoxy) is 1. The fourth-order valence-corrected chi connectivity index (χ4v) is 3.04. The molecule has 2 aliphatic rings. The molecule has 1 saturated heterocycles. The summed E-state index contributed by atoms with van der Waals surface area (Å²) in [4.78, 5) is 2.73. The lowest BCUT2D eigenvalue weighted by Crippen LogP contribution is -2.43. The van der Waals surface area contributed by atoms with E-state index in [0.29, 0.717) is 6.10 Å². The molecule has 0 aromatic carbocycles. The van der Waals surface area contributed by atoms with Gasteiger partial charge in [-0.3, -0.25) is 0 Å². The van der Waals surface area contributed by atoms with Crippen molar-refractivity contribution in [1.29, 1.82) is 0 Å². The third kappa shape index (κ3) is 2.94. The maximum absolute atomic E-state index is 5.43. The Kier molecular flexibility index (Phi) is 4.04. The normalized spacial score (nSPS) is 35.6. The predicted octanol–water partition coefficient (Wildman–Crippen LogP) is 2.68. The van der Waals surface area contributed by atoms with Crippen LogP contribution in [-0.4, -0.2) is 37.2 Å². The molecular formula is C13H25NO. The van der Waals surface area contributed by atoms with Crippen LogP contribution in [-0.2, 0) is 4.74 Å². The van der Waals surface area contributed by atoms with E-state index in [1.54, 1.807) is 0 Å². The Labute approximate surface area is 94.0 Å². The molecule has 0 N–H and O–H groups in total. The molecular weight excluding hydrogens is 186 g/mol. The number of piperidine rings is 1. The van der Waals surface area contributed by atoms with Crippen LogP contribution in [0, 0.1) is 5.92 Å². The number of likely N-dealkylation sites (tertiary alicyclic amines) is 1. The first-order chi connectivity index (χ1) is 7.29. The van der Waals surface area contributed by atoms with Crippen molar-refractivity contribution < 1.29 is 4.74 Å². The van der Waals surface area contributed by atoms with Gasteiger partial charge in [0.15, 0.2) is 0 Å². The molecule has 0 amide bonds. The largest absolute Gasteiger partial charge is 0.381 e. The van der Waals surface area contributed by atoms with Crippen LogP contribution < -0.4 is 0 Å². The Balaban J connectivity index is 1.75. The summed E-state index contributed by atoms with van der Waals surface area (Å²) in [6.45, 7) is 5.06. The molecule has 2 fully saturated rings. The molecule has 15 heavy (non-hydrogen) atoms. The molecule has 0 radical (unpaired) electrons. The van der Waals surface area contributed by atoms with Crippen molar-refractivity contribution >= 4 is 0 Å². The van der Waals surface area contributed by atoms with E-state index in [1.165, 1.54) is 51.6 Å². The minimum atomic E-state index is 0.546. The highest BCUT2D eigenvalue weighted by Crippen LogP contribution is 2.28. The molecule has 0 unspecified atom stereocenters. The van der Waals surface area contributed by atoms with Gasteiger partial charge in [-0.2, -0.15) is 0 Å². The minimum absolute atomic E-state index is 0.546. The zero-order chi connectivity index (χ0) is 10.7. The Morgan fingerprint density at radius 2 is 1.53 bits per heavy atom. The highest BCUT2D eigenvalue weighted by molar-refractivity contribution is 4.82. The van der Waals surface area contributed by atoms with E-state index in [-0.39, 0.29) is 0 Å². The van der Waals surface area contributed by atoms with Gasteiger partial charge in [0, 0.05) is 13.2 Å². The quantitative estimate of drug-likeness (QED) is 0.696. The molecule has 2 nitrogen and oxygen atoms in total. The first-order valence-corrected chi connectivity index (χ1v) is 6.56. The van der Waals surface area contributed by atoms with Crippen molar-refractivity contribution in [2.45, 2.75) is 57.6 Å². The molecule has 1 aliphatic heterocycles. The molecule has 0 aromatic heterocycles. The molecule has 0 aromatic rings. The van der Waals surface area contributed by atoms with Gasteiger partial charge in [0.1, 0.15) is 0 Å². The zero-order valence-corrected chi connectivity index (χ0v) is 10.2. The van der Waals surface area contributed by atoms with Gasteiger partial charge in [-0.25, -0.2) is 0 Å². The number of methoxy groups -OCH3 is 1. The van der Waals surface area contributed by atoms with Crippen molar-refractivity contribution in [1.82, 2.24) is 4.90 Å². The lowest BCUT2D eigenvalue weighted by Gasteiger charge is -2.40. The molecule has 1 saturated carbocycles. The molecule has 0 atom stereocenters. The van der Waals surface area contributed by atoms with E-state index < -0.39 is 0 Å². The Morgan fingerprint density at radius 3 is 2.07 bits per heavy atom. The SMILES string of the molecule is COC1CCC(N2CCC(C)CC2)CC1. The highest BCUT2D eigenvalue weighted by atomic mass is 16.5. The second kappa shape index (κ2) is 5.31. The fourth-order valence-electron chi connectivity index (χ4n) is 3.04. The van der Waals surface area contributed by atoms with E-state index >= 15 is 0 Å². The monoisotopic (exact) mass is 211 g/mol. The predicted molar refractivity (Wildman–Crippen MR) is 63.0 cm³/mol. The number of rotatable bonds is 2. The third-order valence-corrected chi connectivity index (χ3v) is 4.31. The van der Waals surface area contributed by atoms with E-state index in [0.717, 1.165) is 12.0 Å². The van der Waals surface area contributed by atoms with Crippen LogP contribution >= 0.6 is 0 Å². The van der Waals surface area contributed by atoms with Crippen LogP contribution in [0.2, 0.25) is 0 Å². The van der Waals surface area contributed by atoms with Crippen molar-refractivity contribution in [2.24, 2.45) is 5.92 Å². The number of nitrogens with zero attached hydrogens (tertiary/aromatic N) is 1. The van der Waals surface area contributed by atoms with Crippen LogP contribution in [0.15, 0.2) is 0 Å². The first-order valence-electron chi connectivity index (χ1n) is 6.56. The van der Waals surface area contributed by atoms with Crippen molar-refractivity contribution in [2.75, 3.05) is 20.2 Å². The molecule has 0 spiro atoms. The lowest BCUT2D eigenvalue weighted by atomic mass is 9.89. The molecule has 1 heterocycles. The van der Waals surface area contributed by atoms with Crippen molar-refractivity contribution in [3.8, 4) is 0 Å². The molecule has 2 heteroatoms. The van der Waals surface area contributed by atoms with Crippen molar-refractivity contribution in [3.05, 3.63) is 0 Å².